The fourth-order valence-corrected chi connectivity index (χ4v) is 2.57. The van der Waals surface area contributed by atoms with Crippen LogP contribution in [0, 0.1) is 10.1 Å². The Morgan fingerprint density at radius 3 is 2.43 bits per heavy atom. The highest BCUT2D eigenvalue weighted by Gasteiger charge is 2.62. The third kappa shape index (κ3) is 3.61. The van der Waals surface area contributed by atoms with E-state index in [1.165, 1.54) is 12.1 Å². The smallest absolute Gasteiger partial charge is 0.330 e. The van der Waals surface area contributed by atoms with Gasteiger partial charge in [0.05, 0.1) is 4.92 Å². The molecule has 7 heteroatoms. The van der Waals surface area contributed by atoms with E-state index in [2.05, 4.69) is 11.9 Å². The first kappa shape index (κ1) is 16.8. The Kier molecular flexibility index (Phi) is 4.07. The van der Waals surface area contributed by atoms with Crippen molar-refractivity contribution in [3.63, 3.8) is 0 Å². The molecule has 0 heterocycles. The Hall–Kier alpha value is -2.57. The number of hydrogen-bond acceptors (Lipinski definition) is 5. The van der Waals surface area contributed by atoms with Crippen LogP contribution in [0.15, 0.2) is 36.7 Å². The molecular formula is C16H20N2O5. The fourth-order valence-electron chi connectivity index (χ4n) is 2.57. The molecule has 124 valence electrons. The number of carboxylic acid groups (broad SMARTS) is 1. The van der Waals surface area contributed by atoms with Gasteiger partial charge in [-0.3, -0.25) is 10.1 Å². The Morgan fingerprint density at radius 1 is 1.43 bits per heavy atom. The summed E-state index contributed by atoms with van der Waals surface area (Å²) in [6, 6.07) is 5.92. The molecule has 1 aliphatic rings. The van der Waals surface area contributed by atoms with Crippen LogP contribution in [0.1, 0.15) is 38.7 Å². The first-order valence-electron chi connectivity index (χ1n) is 7.19. The zero-order valence-electron chi connectivity index (χ0n) is 13.3. The molecule has 1 fully saturated rings. The summed E-state index contributed by atoms with van der Waals surface area (Å²) in [6.07, 6.45) is 0.368. The molecule has 0 aliphatic heterocycles. The lowest BCUT2D eigenvalue weighted by Crippen LogP contribution is -2.42. The first-order chi connectivity index (χ1) is 10.5. The SMILES string of the molecule is C=C(NC1(C(=O)O)C[C@H]1c1ccc([N+](=O)[O-])cc1)OC(C)(C)C. The number of nitrogens with one attached hydrogen (secondary N) is 1. The van der Waals surface area contributed by atoms with Gasteiger partial charge >= 0.3 is 5.97 Å². The maximum Gasteiger partial charge on any atom is 0.330 e. The fraction of sp³-hybridized carbons (Fsp3) is 0.438. The summed E-state index contributed by atoms with van der Waals surface area (Å²) in [5, 5.41) is 23.1. The highest BCUT2D eigenvalue weighted by Crippen LogP contribution is 2.52. The van der Waals surface area contributed by atoms with E-state index in [9.17, 15) is 20.0 Å². The standard InChI is InChI=1S/C16H20N2O5/c1-10(23-15(2,3)4)17-16(14(19)20)9-13(16)11-5-7-12(8-6-11)18(21)22/h5-8,13,17H,1,9H2,2-4H3,(H,19,20)/t13-,16?/m0/s1. The van der Waals surface area contributed by atoms with E-state index in [-0.39, 0.29) is 17.5 Å². The lowest BCUT2D eigenvalue weighted by Gasteiger charge is -2.26. The van der Waals surface area contributed by atoms with E-state index in [1.54, 1.807) is 12.1 Å². The Bertz CT molecular complexity index is 647. The van der Waals surface area contributed by atoms with Crippen LogP contribution in [0.5, 0.6) is 0 Å². The van der Waals surface area contributed by atoms with Gasteiger partial charge in [-0.15, -0.1) is 0 Å². The summed E-state index contributed by atoms with van der Waals surface area (Å²) in [6.45, 7) is 9.25. The van der Waals surface area contributed by atoms with Gasteiger partial charge in [0, 0.05) is 18.1 Å². The van der Waals surface area contributed by atoms with E-state index >= 15 is 0 Å². The van der Waals surface area contributed by atoms with E-state index < -0.39 is 22.0 Å². The van der Waals surface area contributed by atoms with Crippen molar-refractivity contribution < 1.29 is 19.6 Å². The van der Waals surface area contributed by atoms with Crippen LogP contribution in [-0.4, -0.2) is 27.1 Å². The number of nitrogens with zero attached hydrogens (tertiary/aromatic N) is 1. The van der Waals surface area contributed by atoms with Crippen LogP contribution >= 0.6 is 0 Å². The average molecular weight is 320 g/mol. The zero-order valence-corrected chi connectivity index (χ0v) is 13.3. The zero-order chi connectivity index (χ0) is 17.4. The molecule has 2 rings (SSSR count). The van der Waals surface area contributed by atoms with Crippen molar-refractivity contribution in [2.24, 2.45) is 0 Å². The summed E-state index contributed by atoms with van der Waals surface area (Å²) < 4.78 is 5.54. The molecule has 0 saturated heterocycles. The van der Waals surface area contributed by atoms with E-state index in [0.29, 0.717) is 6.42 Å². The van der Waals surface area contributed by atoms with Crippen molar-refractivity contribution in [2.45, 2.75) is 44.2 Å². The number of rotatable bonds is 6. The van der Waals surface area contributed by atoms with Gasteiger partial charge in [-0.1, -0.05) is 12.1 Å². The first-order valence-corrected chi connectivity index (χ1v) is 7.19. The minimum Gasteiger partial charge on any atom is -0.479 e. The largest absolute Gasteiger partial charge is 0.479 e. The molecule has 2 atom stereocenters. The Morgan fingerprint density at radius 2 is 2.00 bits per heavy atom. The van der Waals surface area contributed by atoms with Crippen molar-refractivity contribution in [3.8, 4) is 0 Å². The highest BCUT2D eigenvalue weighted by molar-refractivity contribution is 5.85. The predicted octanol–water partition coefficient (Wildman–Crippen LogP) is 2.78. The summed E-state index contributed by atoms with van der Waals surface area (Å²) in [5.74, 6) is -1.09. The van der Waals surface area contributed by atoms with Gasteiger partial charge in [-0.05, 0) is 39.3 Å². The minimum absolute atomic E-state index is 0.0243. The topological polar surface area (TPSA) is 102 Å². The molecule has 1 aliphatic carbocycles. The molecule has 1 saturated carbocycles. The van der Waals surface area contributed by atoms with Crippen LogP contribution in [0.2, 0.25) is 0 Å². The second-order valence-corrected chi connectivity index (χ2v) is 6.64. The van der Waals surface area contributed by atoms with Gasteiger partial charge in [-0.2, -0.15) is 0 Å². The Balaban J connectivity index is 2.14. The third-order valence-electron chi connectivity index (χ3n) is 3.64. The summed E-state index contributed by atoms with van der Waals surface area (Å²) in [5.41, 5.74) is -0.960. The third-order valence-corrected chi connectivity index (χ3v) is 3.64. The molecule has 1 unspecified atom stereocenters. The molecule has 0 amide bonds. The molecule has 1 aromatic carbocycles. The van der Waals surface area contributed by atoms with Crippen LogP contribution in [0.25, 0.3) is 0 Å². The summed E-state index contributed by atoms with van der Waals surface area (Å²) in [7, 11) is 0. The maximum atomic E-state index is 11.7. The molecule has 0 radical (unpaired) electrons. The molecule has 0 aromatic heterocycles. The van der Waals surface area contributed by atoms with Gasteiger partial charge in [-0.25, -0.2) is 4.79 Å². The van der Waals surface area contributed by atoms with E-state index in [0.717, 1.165) is 5.56 Å². The van der Waals surface area contributed by atoms with Crippen molar-refractivity contribution in [1.29, 1.82) is 0 Å². The monoisotopic (exact) mass is 320 g/mol. The highest BCUT2D eigenvalue weighted by atomic mass is 16.6. The van der Waals surface area contributed by atoms with Gasteiger partial charge in [0.25, 0.3) is 5.69 Å². The van der Waals surface area contributed by atoms with Gasteiger partial charge in [0.15, 0.2) is 5.88 Å². The second-order valence-electron chi connectivity index (χ2n) is 6.64. The van der Waals surface area contributed by atoms with Crippen molar-refractivity contribution in [1.82, 2.24) is 5.32 Å². The average Bonchev–Trinajstić information content (AvgIpc) is 3.12. The van der Waals surface area contributed by atoms with Crippen molar-refractivity contribution in [3.05, 3.63) is 52.4 Å². The number of nitro benzene ring substituents is 1. The van der Waals surface area contributed by atoms with Crippen molar-refractivity contribution in [2.75, 3.05) is 0 Å². The van der Waals surface area contributed by atoms with E-state index in [4.69, 9.17) is 4.74 Å². The quantitative estimate of drug-likeness (QED) is 0.475. The summed E-state index contributed by atoms with van der Waals surface area (Å²) >= 11 is 0. The lowest BCUT2D eigenvalue weighted by molar-refractivity contribution is -0.384. The number of carboxylic acids is 1. The molecule has 1 aromatic rings. The van der Waals surface area contributed by atoms with Gasteiger partial charge in [0.2, 0.25) is 0 Å². The number of ether oxygens (including phenoxy) is 1. The van der Waals surface area contributed by atoms with Crippen molar-refractivity contribution >= 4 is 11.7 Å². The second kappa shape index (κ2) is 5.57. The number of carbonyl (C=O) groups is 1. The normalized spacial score (nSPS) is 23.0. The number of nitro groups is 1. The predicted molar refractivity (Wildman–Crippen MR) is 83.9 cm³/mol. The molecule has 23 heavy (non-hydrogen) atoms. The maximum absolute atomic E-state index is 11.7. The van der Waals surface area contributed by atoms with Crippen LogP contribution < -0.4 is 5.32 Å². The number of benzene rings is 1. The molecular weight excluding hydrogens is 300 g/mol. The number of hydrogen-bond donors (Lipinski definition) is 2. The van der Waals surface area contributed by atoms with Crippen LogP contribution in [0.3, 0.4) is 0 Å². The molecule has 2 N–H and O–H groups in total. The van der Waals surface area contributed by atoms with Crippen LogP contribution in [-0.2, 0) is 9.53 Å². The lowest BCUT2D eigenvalue weighted by atomic mass is 10.1. The molecule has 0 spiro atoms. The van der Waals surface area contributed by atoms with Gasteiger partial charge in [0.1, 0.15) is 11.1 Å². The van der Waals surface area contributed by atoms with E-state index in [1.807, 2.05) is 20.8 Å². The number of non-ortho nitro benzene ring substituents is 1. The molecule has 0 bridgehead atoms. The van der Waals surface area contributed by atoms with Gasteiger partial charge < -0.3 is 15.2 Å². The minimum atomic E-state index is -1.18. The summed E-state index contributed by atoms with van der Waals surface area (Å²) in [4.78, 5) is 21.9. The molecule has 7 nitrogen and oxygen atoms in total. The van der Waals surface area contributed by atoms with Crippen LogP contribution in [0.4, 0.5) is 5.69 Å². The number of aliphatic carboxylic acids is 1. The Labute approximate surface area is 134 Å².